The van der Waals surface area contributed by atoms with E-state index in [1.807, 2.05) is 0 Å². The maximum absolute atomic E-state index is 14.7. The van der Waals surface area contributed by atoms with Crippen LogP contribution < -0.4 is 19.5 Å². The van der Waals surface area contributed by atoms with E-state index in [1.54, 1.807) is 24.4 Å². The van der Waals surface area contributed by atoms with E-state index in [1.165, 1.54) is 30.2 Å². The third kappa shape index (κ3) is 4.13. The minimum Gasteiger partial charge on any atom is -0.493 e. The van der Waals surface area contributed by atoms with Gasteiger partial charge in [0.05, 0.1) is 19.7 Å². The standard InChI is InChI=1S/C21H19FN4O5.Al/c1-29-18-10-13-15(11-19(18)30-2)23-6-5-16(13)31-17-4-3-12(9-14(17)22)25-21(28)26-8-7-24-20(26)27;/h3-6,9-11H,7-8H2,1-2H3,(H2,24,25,27,28);/q;+1/p-1. The molecule has 1 aliphatic heterocycles. The smallest absolute Gasteiger partial charge is 0.329 e. The van der Waals surface area contributed by atoms with Crippen LogP contribution in [0.25, 0.3) is 10.9 Å². The number of nitrogens with one attached hydrogen (secondary N) is 1. The number of benzene rings is 2. The fourth-order valence-electron chi connectivity index (χ4n) is 3.25. The number of halogens is 1. The molecule has 2 heterocycles. The number of ether oxygens (including phenoxy) is 3. The van der Waals surface area contributed by atoms with Gasteiger partial charge in [-0.1, -0.05) is 0 Å². The molecular formula is C21H18AlFN4O5. The zero-order chi connectivity index (χ0) is 22.8. The first-order chi connectivity index (χ1) is 15.4. The van der Waals surface area contributed by atoms with Crippen LogP contribution in [-0.4, -0.2) is 69.6 Å². The van der Waals surface area contributed by atoms with Gasteiger partial charge in [0.15, 0.2) is 23.1 Å². The summed E-state index contributed by atoms with van der Waals surface area (Å²) < 4.78 is 32.5. The van der Waals surface area contributed by atoms with Crippen molar-refractivity contribution in [3.05, 3.63) is 48.4 Å². The Morgan fingerprint density at radius 1 is 1.06 bits per heavy atom. The summed E-state index contributed by atoms with van der Waals surface area (Å²) in [6.45, 7) is 0.663. The third-order valence-electron chi connectivity index (χ3n) is 4.90. The average Bonchev–Trinajstić information content (AvgIpc) is 3.13. The highest BCUT2D eigenvalue weighted by Gasteiger charge is 2.29. The molecule has 1 saturated heterocycles. The number of aromatic nitrogens is 1. The zero-order valence-electron chi connectivity index (χ0n) is 17.3. The lowest BCUT2D eigenvalue weighted by Crippen LogP contribution is -2.38. The molecular weight excluding hydrogens is 434 g/mol. The molecule has 4 rings (SSSR count). The predicted octanol–water partition coefficient (Wildman–Crippen LogP) is 3.54. The van der Waals surface area contributed by atoms with Crippen LogP contribution >= 0.6 is 0 Å². The molecule has 11 heteroatoms. The maximum Gasteiger partial charge on any atom is 0.329 e. The maximum atomic E-state index is 14.7. The Balaban J connectivity index is 1.56. The summed E-state index contributed by atoms with van der Waals surface area (Å²) in [4.78, 5) is 29.5. The monoisotopic (exact) mass is 452 g/mol. The molecule has 1 aliphatic rings. The van der Waals surface area contributed by atoms with Crippen molar-refractivity contribution in [3.8, 4) is 23.0 Å². The van der Waals surface area contributed by atoms with Crippen molar-refractivity contribution in [1.29, 1.82) is 0 Å². The number of imide groups is 1. The molecule has 32 heavy (non-hydrogen) atoms. The number of pyridine rings is 1. The van der Waals surface area contributed by atoms with Crippen molar-refractivity contribution in [2.45, 2.75) is 0 Å². The van der Waals surface area contributed by atoms with Crippen LogP contribution in [0.2, 0.25) is 0 Å². The number of urea groups is 2. The summed E-state index contributed by atoms with van der Waals surface area (Å²) in [6.07, 6.45) is 1.54. The molecule has 9 nitrogen and oxygen atoms in total. The number of amides is 4. The fraction of sp³-hybridized carbons (Fsp3) is 0.190. The van der Waals surface area contributed by atoms with Gasteiger partial charge in [0.1, 0.15) is 5.75 Å². The minimum atomic E-state index is -0.686. The van der Waals surface area contributed by atoms with E-state index in [4.69, 9.17) is 14.2 Å². The Kier molecular flexibility index (Phi) is 6.03. The van der Waals surface area contributed by atoms with Crippen molar-refractivity contribution >= 4 is 45.2 Å². The predicted molar refractivity (Wildman–Crippen MR) is 115 cm³/mol. The quantitative estimate of drug-likeness (QED) is 0.596. The van der Waals surface area contributed by atoms with Crippen molar-refractivity contribution in [3.63, 3.8) is 0 Å². The Morgan fingerprint density at radius 3 is 2.47 bits per heavy atom. The van der Waals surface area contributed by atoms with E-state index in [0.29, 0.717) is 34.7 Å². The largest absolute Gasteiger partial charge is 0.493 e. The van der Waals surface area contributed by atoms with Gasteiger partial charge in [0.25, 0.3) is 0 Å². The van der Waals surface area contributed by atoms with Gasteiger partial charge in [-0.2, -0.15) is 0 Å². The summed E-state index contributed by atoms with van der Waals surface area (Å²) >= 11 is 2.25. The second-order valence-electron chi connectivity index (χ2n) is 6.84. The van der Waals surface area contributed by atoms with Gasteiger partial charge in [0.2, 0.25) is 0 Å². The van der Waals surface area contributed by atoms with E-state index in [9.17, 15) is 14.0 Å². The first kappa shape index (κ1) is 21.7. The van der Waals surface area contributed by atoms with Gasteiger partial charge in [-0.15, -0.1) is 0 Å². The summed E-state index contributed by atoms with van der Waals surface area (Å²) in [6, 6.07) is 7.94. The van der Waals surface area contributed by atoms with E-state index in [-0.39, 0.29) is 18.0 Å². The number of carbonyl (C=O) groups is 2. The first-order valence-corrected chi connectivity index (χ1v) is 10.1. The SMILES string of the molecule is COc1cc2nccc(Oc3ccc(NC(=O)N4CC[N]([Al])C4=O)cc3F)c2cc1OC. The van der Waals surface area contributed by atoms with Crippen molar-refractivity contribution in [2.24, 2.45) is 0 Å². The molecule has 1 aromatic heterocycles. The summed E-state index contributed by atoms with van der Waals surface area (Å²) in [5.74, 6) is 0.635. The van der Waals surface area contributed by atoms with Crippen LogP contribution in [0.1, 0.15) is 0 Å². The van der Waals surface area contributed by atoms with Gasteiger partial charge in [-0.05, 0) is 24.3 Å². The third-order valence-corrected chi connectivity index (χ3v) is 5.38. The van der Waals surface area contributed by atoms with E-state index in [2.05, 4.69) is 26.8 Å². The topological polar surface area (TPSA) is 93.2 Å². The minimum absolute atomic E-state index is 0.0429. The Labute approximate surface area is 191 Å². The number of rotatable bonds is 5. The molecule has 2 radical (unpaired) electrons. The molecule has 0 atom stereocenters. The van der Waals surface area contributed by atoms with Crippen molar-refractivity contribution in [2.75, 3.05) is 32.6 Å². The summed E-state index contributed by atoms with van der Waals surface area (Å²) in [7, 11) is 3.04. The van der Waals surface area contributed by atoms with Crippen LogP contribution in [-0.2, 0) is 0 Å². The Morgan fingerprint density at radius 2 is 1.81 bits per heavy atom. The summed E-state index contributed by atoms with van der Waals surface area (Å²) in [5, 5.41) is 3.13. The van der Waals surface area contributed by atoms with Crippen LogP contribution in [0.5, 0.6) is 23.0 Å². The number of hydrogen-bond acceptors (Lipinski definition) is 6. The molecule has 0 saturated carbocycles. The highest BCUT2D eigenvalue weighted by Crippen LogP contribution is 2.37. The lowest BCUT2D eigenvalue weighted by atomic mass is 10.2. The molecule has 1 fully saturated rings. The normalized spacial score (nSPS) is 13.4. The van der Waals surface area contributed by atoms with Crippen molar-refractivity contribution in [1.82, 2.24) is 13.8 Å². The molecule has 2 aromatic carbocycles. The highest BCUT2D eigenvalue weighted by atomic mass is 27.1. The van der Waals surface area contributed by atoms with Crippen LogP contribution in [0.15, 0.2) is 42.6 Å². The first-order valence-electron chi connectivity index (χ1n) is 9.54. The van der Waals surface area contributed by atoms with E-state index < -0.39 is 17.9 Å². The lowest BCUT2D eigenvalue weighted by Gasteiger charge is -2.16. The van der Waals surface area contributed by atoms with Gasteiger partial charge in [-0.3, -0.25) is 9.78 Å². The summed E-state index contributed by atoms with van der Waals surface area (Å²) in [5.41, 5.74) is 0.781. The molecule has 0 unspecified atom stereocenters. The molecule has 1 N–H and O–H groups in total. The highest BCUT2D eigenvalue weighted by molar-refractivity contribution is 6.17. The Hall–Kier alpha value is -3.55. The number of carbonyl (C=O) groups excluding carboxylic acids is 2. The lowest BCUT2D eigenvalue weighted by molar-refractivity contribution is 0.201. The Bertz CT molecular complexity index is 1210. The van der Waals surface area contributed by atoms with Gasteiger partial charge in [-0.25, -0.2) is 14.1 Å². The average molecular weight is 452 g/mol. The number of hydrogen-bond donors (Lipinski definition) is 1. The number of methoxy groups -OCH3 is 2. The molecule has 0 aliphatic carbocycles. The second kappa shape index (κ2) is 8.90. The molecule has 162 valence electrons. The van der Waals surface area contributed by atoms with Gasteiger partial charge in [0, 0.05) is 42.5 Å². The molecule has 3 aromatic rings. The molecule has 0 spiro atoms. The second-order valence-corrected chi connectivity index (χ2v) is 7.46. The van der Waals surface area contributed by atoms with Crippen LogP contribution in [0.4, 0.5) is 19.7 Å². The van der Waals surface area contributed by atoms with Crippen LogP contribution in [0.3, 0.4) is 0 Å². The number of fused-ring (bicyclic) bond motifs is 1. The number of anilines is 1. The van der Waals surface area contributed by atoms with E-state index >= 15 is 0 Å². The van der Waals surface area contributed by atoms with Gasteiger partial charge < -0.3 is 23.4 Å². The molecule has 0 bridgehead atoms. The fourth-order valence-corrected chi connectivity index (χ4v) is 3.50. The van der Waals surface area contributed by atoms with E-state index in [0.717, 1.165) is 11.0 Å². The van der Waals surface area contributed by atoms with Crippen LogP contribution in [0, 0.1) is 5.82 Å². The number of nitrogens with zero attached hydrogens (tertiary/aromatic N) is 3. The van der Waals surface area contributed by atoms with Gasteiger partial charge >= 0.3 is 28.6 Å². The zero-order valence-corrected chi connectivity index (χ0v) is 18.4. The van der Waals surface area contributed by atoms with Crippen molar-refractivity contribution < 1.29 is 28.2 Å². The molecule has 4 amide bonds.